The Morgan fingerprint density at radius 3 is 2.21 bits per heavy atom. The number of nitrogens with zero attached hydrogens (tertiary/aromatic N) is 1. The van der Waals surface area contributed by atoms with Gasteiger partial charge >= 0.3 is 5.97 Å². The Balaban J connectivity index is 1.41. The summed E-state index contributed by atoms with van der Waals surface area (Å²) in [5.74, 6) is -0.137. The van der Waals surface area contributed by atoms with Gasteiger partial charge in [-0.2, -0.15) is 0 Å². The van der Waals surface area contributed by atoms with Crippen LogP contribution in [0.5, 0.6) is 5.75 Å². The van der Waals surface area contributed by atoms with Crippen molar-refractivity contribution in [2.45, 2.75) is 45.2 Å². The van der Waals surface area contributed by atoms with Crippen LogP contribution in [0.25, 0.3) is 0 Å². The maximum absolute atomic E-state index is 12.4. The molecule has 3 rings (SSSR count). The lowest BCUT2D eigenvalue weighted by atomic mass is 9.97. The summed E-state index contributed by atoms with van der Waals surface area (Å²) in [4.78, 5) is 26.2. The van der Waals surface area contributed by atoms with Crippen LogP contribution in [0.4, 0.5) is 11.4 Å². The zero-order chi connectivity index (χ0) is 20.6. The summed E-state index contributed by atoms with van der Waals surface area (Å²) in [7, 11) is 0. The minimum absolute atomic E-state index is 0.144. The number of hydrogen-bond donors (Lipinski definition) is 1. The van der Waals surface area contributed by atoms with Crippen LogP contribution in [0.1, 0.15) is 33.1 Å². The standard InChI is InChI=1S/C23H28N2O4/c1-17-7-6-8-18(2)25(17)22(26)15-29-23(27)16-28-21-13-11-20(12-14-21)24-19-9-4-3-5-10-19/h3-5,9-14,17-18,24H,6-8,15-16H2,1-2H3/t17-,18-/m0/s1. The number of ether oxygens (including phenoxy) is 2. The average Bonchev–Trinajstić information content (AvgIpc) is 2.72. The predicted molar refractivity (Wildman–Crippen MR) is 112 cm³/mol. The van der Waals surface area contributed by atoms with Gasteiger partial charge in [0.2, 0.25) is 0 Å². The molecule has 0 aliphatic carbocycles. The van der Waals surface area contributed by atoms with E-state index in [4.69, 9.17) is 9.47 Å². The molecule has 1 saturated heterocycles. The second-order valence-electron chi connectivity index (χ2n) is 7.39. The van der Waals surface area contributed by atoms with Crippen molar-refractivity contribution >= 4 is 23.3 Å². The molecular weight excluding hydrogens is 368 g/mol. The molecule has 1 aliphatic heterocycles. The van der Waals surface area contributed by atoms with Crippen LogP contribution in [0.2, 0.25) is 0 Å². The monoisotopic (exact) mass is 396 g/mol. The molecule has 154 valence electrons. The maximum atomic E-state index is 12.4. The number of para-hydroxylation sites is 1. The van der Waals surface area contributed by atoms with Crippen molar-refractivity contribution in [1.82, 2.24) is 4.90 Å². The van der Waals surface area contributed by atoms with Crippen molar-refractivity contribution in [3.63, 3.8) is 0 Å². The van der Waals surface area contributed by atoms with E-state index in [0.717, 1.165) is 30.6 Å². The molecule has 0 spiro atoms. The number of carbonyl (C=O) groups is 2. The first kappa shape index (κ1) is 20.7. The molecule has 2 aromatic rings. The van der Waals surface area contributed by atoms with Crippen LogP contribution < -0.4 is 10.1 Å². The lowest BCUT2D eigenvalue weighted by Crippen LogP contribution is -2.49. The Morgan fingerprint density at radius 2 is 1.55 bits per heavy atom. The van der Waals surface area contributed by atoms with Crippen LogP contribution in [-0.4, -0.2) is 42.1 Å². The van der Waals surface area contributed by atoms with Crippen molar-refractivity contribution in [3.8, 4) is 5.75 Å². The molecule has 0 bridgehead atoms. The summed E-state index contributed by atoms with van der Waals surface area (Å²) >= 11 is 0. The number of esters is 1. The minimum atomic E-state index is -0.554. The quantitative estimate of drug-likeness (QED) is 0.713. The topological polar surface area (TPSA) is 67.9 Å². The maximum Gasteiger partial charge on any atom is 0.344 e. The van der Waals surface area contributed by atoms with Gasteiger partial charge in [0.15, 0.2) is 13.2 Å². The van der Waals surface area contributed by atoms with Gasteiger partial charge in [-0.3, -0.25) is 4.79 Å². The fraction of sp³-hybridized carbons (Fsp3) is 0.391. The molecule has 29 heavy (non-hydrogen) atoms. The Hall–Kier alpha value is -3.02. The highest BCUT2D eigenvalue weighted by Gasteiger charge is 2.29. The second kappa shape index (κ2) is 9.96. The molecule has 1 fully saturated rings. The smallest absolute Gasteiger partial charge is 0.344 e. The summed E-state index contributed by atoms with van der Waals surface area (Å²) in [6.07, 6.45) is 3.10. The zero-order valence-electron chi connectivity index (χ0n) is 17.0. The first-order chi connectivity index (χ1) is 14.0. The molecule has 1 heterocycles. The third-order valence-corrected chi connectivity index (χ3v) is 5.11. The Kier molecular flexibility index (Phi) is 7.11. The summed E-state index contributed by atoms with van der Waals surface area (Å²) < 4.78 is 10.6. The molecule has 6 nitrogen and oxygen atoms in total. The van der Waals surface area contributed by atoms with Crippen molar-refractivity contribution in [3.05, 3.63) is 54.6 Å². The molecule has 0 aromatic heterocycles. The SMILES string of the molecule is C[C@H]1CCC[C@H](C)N1C(=O)COC(=O)COc1ccc(Nc2ccccc2)cc1. The highest BCUT2D eigenvalue weighted by molar-refractivity contribution is 5.81. The first-order valence-corrected chi connectivity index (χ1v) is 10.0. The average molecular weight is 396 g/mol. The molecule has 1 N–H and O–H groups in total. The van der Waals surface area contributed by atoms with E-state index in [1.165, 1.54) is 0 Å². The van der Waals surface area contributed by atoms with Crippen LogP contribution in [0.15, 0.2) is 54.6 Å². The van der Waals surface area contributed by atoms with Crippen LogP contribution in [0, 0.1) is 0 Å². The van der Waals surface area contributed by atoms with Crippen LogP contribution in [0.3, 0.4) is 0 Å². The molecule has 1 aliphatic rings. The number of piperidine rings is 1. The van der Waals surface area contributed by atoms with Gasteiger partial charge in [0, 0.05) is 23.5 Å². The highest BCUT2D eigenvalue weighted by Crippen LogP contribution is 2.23. The summed E-state index contributed by atoms with van der Waals surface area (Å²) in [6.45, 7) is 3.60. The molecule has 0 radical (unpaired) electrons. The van der Waals surface area contributed by atoms with Crippen molar-refractivity contribution in [1.29, 1.82) is 0 Å². The molecule has 0 unspecified atom stereocenters. The highest BCUT2D eigenvalue weighted by atomic mass is 16.6. The van der Waals surface area contributed by atoms with Gasteiger partial charge in [0.05, 0.1) is 0 Å². The lowest BCUT2D eigenvalue weighted by Gasteiger charge is -2.38. The van der Waals surface area contributed by atoms with E-state index in [1.54, 1.807) is 12.1 Å². The third kappa shape index (κ3) is 5.98. The third-order valence-electron chi connectivity index (χ3n) is 5.11. The Bertz CT molecular complexity index is 797. The van der Waals surface area contributed by atoms with Crippen LogP contribution in [-0.2, 0) is 14.3 Å². The first-order valence-electron chi connectivity index (χ1n) is 10.0. The number of carbonyl (C=O) groups excluding carboxylic acids is 2. The number of hydrogen-bond acceptors (Lipinski definition) is 5. The number of anilines is 2. The van der Waals surface area contributed by atoms with E-state index in [1.807, 2.05) is 61.2 Å². The van der Waals surface area contributed by atoms with Crippen molar-refractivity contribution in [2.75, 3.05) is 18.5 Å². The van der Waals surface area contributed by atoms with E-state index < -0.39 is 5.97 Å². The Labute approximate surface area is 171 Å². The van der Waals surface area contributed by atoms with Gasteiger partial charge in [-0.15, -0.1) is 0 Å². The zero-order valence-corrected chi connectivity index (χ0v) is 17.0. The van der Waals surface area contributed by atoms with Gasteiger partial charge in [0.25, 0.3) is 5.91 Å². The summed E-state index contributed by atoms with van der Waals surface area (Å²) in [5, 5.41) is 3.28. The number of amides is 1. The number of nitrogens with one attached hydrogen (secondary N) is 1. The Morgan fingerprint density at radius 1 is 0.931 bits per heavy atom. The minimum Gasteiger partial charge on any atom is -0.482 e. The summed E-state index contributed by atoms with van der Waals surface area (Å²) in [6, 6.07) is 17.5. The van der Waals surface area contributed by atoms with Crippen molar-refractivity contribution in [2.24, 2.45) is 0 Å². The number of likely N-dealkylation sites (tertiary alicyclic amines) is 1. The van der Waals surface area contributed by atoms with Gasteiger partial charge in [-0.1, -0.05) is 18.2 Å². The van der Waals surface area contributed by atoms with E-state index in [9.17, 15) is 9.59 Å². The van der Waals surface area contributed by atoms with Gasteiger partial charge in [-0.25, -0.2) is 4.79 Å². The van der Waals surface area contributed by atoms with Gasteiger partial charge in [-0.05, 0) is 69.5 Å². The lowest BCUT2D eigenvalue weighted by molar-refractivity contribution is -0.156. The van der Waals surface area contributed by atoms with E-state index in [-0.39, 0.29) is 31.2 Å². The predicted octanol–water partition coefficient (Wildman–Crippen LogP) is 4.14. The molecule has 2 atom stereocenters. The molecule has 1 amide bonds. The van der Waals surface area contributed by atoms with Crippen LogP contribution >= 0.6 is 0 Å². The fourth-order valence-electron chi connectivity index (χ4n) is 3.64. The molecule has 2 aromatic carbocycles. The van der Waals surface area contributed by atoms with Gasteiger partial charge in [0.1, 0.15) is 5.75 Å². The largest absolute Gasteiger partial charge is 0.482 e. The van der Waals surface area contributed by atoms with Gasteiger partial charge < -0.3 is 19.7 Å². The van der Waals surface area contributed by atoms with E-state index in [2.05, 4.69) is 5.32 Å². The summed E-state index contributed by atoms with van der Waals surface area (Å²) in [5.41, 5.74) is 1.91. The molecule has 0 saturated carbocycles. The number of benzene rings is 2. The fourth-order valence-corrected chi connectivity index (χ4v) is 3.64. The molecule has 6 heteroatoms. The van der Waals surface area contributed by atoms with Crippen molar-refractivity contribution < 1.29 is 19.1 Å². The second-order valence-corrected chi connectivity index (χ2v) is 7.39. The van der Waals surface area contributed by atoms with E-state index in [0.29, 0.717) is 5.75 Å². The van der Waals surface area contributed by atoms with E-state index >= 15 is 0 Å². The molecular formula is C23H28N2O4. The normalized spacial score (nSPS) is 18.8. The number of rotatable bonds is 7.